The van der Waals surface area contributed by atoms with Crippen LogP contribution in [0.3, 0.4) is 0 Å². The molecule has 0 bridgehead atoms. The Balaban J connectivity index is 2.05. The Morgan fingerprint density at radius 1 is 1.63 bits per heavy atom. The number of likely N-dealkylation sites (N-methyl/N-ethyl adjacent to an activating group) is 1. The molecule has 0 radical (unpaired) electrons. The van der Waals surface area contributed by atoms with E-state index in [0.717, 1.165) is 24.3 Å². The van der Waals surface area contributed by atoms with Gasteiger partial charge in [-0.3, -0.25) is 4.79 Å². The summed E-state index contributed by atoms with van der Waals surface area (Å²) in [5.41, 5.74) is -0.751. The lowest BCUT2D eigenvalue weighted by Gasteiger charge is -2.37. The van der Waals surface area contributed by atoms with Gasteiger partial charge >= 0.3 is 5.97 Å². The van der Waals surface area contributed by atoms with Gasteiger partial charge in [-0.2, -0.15) is 0 Å². The molecule has 0 saturated heterocycles. The van der Waals surface area contributed by atoms with E-state index in [4.69, 9.17) is 0 Å². The summed E-state index contributed by atoms with van der Waals surface area (Å²) in [5.74, 6) is -0.722. The summed E-state index contributed by atoms with van der Waals surface area (Å²) in [5, 5.41) is 14.0. The number of thioether (sulfide) groups is 1. The quantitative estimate of drug-likeness (QED) is 0.868. The average Bonchev–Trinajstić information content (AvgIpc) is 2.40. The first kappa shape index (κ1) is 14.3. The maximum Gasteiger partial charge on any atom is 0.323 e. The summed E-state index contributed by atoms with van der Waals surface area (Å²) >= 11 is 1.70. The van der Waals surface area contributed by atoms with Gasteiger partial charge in [-0.15, -0.1) is 11.8 Å². The van der Waals surface area contributed by atoms with Crippen LogP contribution in [0.15, 0.2) is 29.4 Å². The molecule has 4 nitrogen and oxygen atoms in total. The van der Waals surface area contributed by atoms with E-state index in [0.29, 0.717) is 18.2 Å². The van der Waals surface area contributed by atoms with Gasteiger partial charge < -0.3 is 10.4 Å². The monoisotopic (exact) mass is 280 g/mol. The highest BCUT2D eigenvalue weighted by molar-refractivity contribution is 7.99. The van der Waals surface area contributed by atoms with Crippen molar-refractivity contribution in [3.8, 4) is 0 Å². The molecule has 1 aliphatic carbocycles. The number of carboxylic acids is 1. The molecule has 0 spiro atoms. The number of pyridine rings is 1. The topological polar surface area (TPSA) is 62.2 Å². The number of nitrogens with one attached hydrogen (secondary N) is 1. The van der Waals surface area contributed by atoms with Crippen LogP contribution in [0.25, 0.3) is 0 Å². The van der Waals surface area contributed by atoms with E-state index in [9.17, 15) is 9.90 Å². The smallest absolute Gasteiger partial charge is 0.323 e. The molecule has 2 atom stereocenters. The van der Waals surface area contributed by atoms with Gasteiger partial charge in [-0.1, -0.05) is 13.0 Å². The molecule has 0 amide bonds. The zero-order valence-corrected chi connectivity index (χ0v) is 11.9. The van der Waals surface area contributed by atoms with Crippen molar-refractivity contribution in [1.29, 1.82) is 0 Å². The van der Waals surface area contributed by atoms with Crippen molar-refractivity contribution in [2.45, 2.75) is 48.4 Å². The molecule has 1 saturated carbocycles. The molecule has 2 rings (SSSR count). The van der Waals surface area contributed by atoms with Crippen LogP contribution in [0.4, 0.5) is 0 Å². The molecule has 1 aliphatic rings. The van der Waals surface area contributed by atoms with E-state index in [1.807, 2.05) is 25.1 Å². The molecule has 1 aromatic heterocycles. The van der Waals surface area contributed by atoms with E-state index < -0.39 is 11.5 Å². The first-order chi connectivity index (χ1) is 9.16. The molecule has 19 heavy (non-hydrogen) atoms. The van der Waals surface area contributed by atoms with Crippen LogP contribution in [0, 0.1) is 0 Å². The number of aromatic nitrogens is 1. The molecular weight excluding hydrogens is 260 g/mol. The van der Waals surface area contributed by atoms with Gasteiger partial charge in [-0.05, 0) is 44.4 Å². The van der Waals surface area contributed by atoms with Crippen molar-refractivity contribution >= 4 is 17.7 Å². The first-order valence-electron chi connectivity index (χ1n) is 6.72. The summed E-state index contributed by atoms with van der Waals surface area (Å²) in [7, 11) is 0. The third-order valence-electron chi connectivity index (χ3n) is 3.56. The van der Waals surface area contributed by atoms with Crippen LogP contribution in [0.2, 0.25) is 0 Å². The molecular formula is C14H20N2O2S. The standard InChI is InChI=1S/C14H20N2O2S/c1-2-16-14(13(17)18)8-5-6-11(10-14)19-12-7-3-4-9-15-12/h3-4,7,9,11,16H,2,5-6,8,10H2,1H3,(H,17,18). The van der Waals surface area contributed by atoms with Crippen LogP contribution in [0.5, 0.6) is 0 Å². The second kappa shape index (κ2) is 6.39. The van der Waals surface area contributed by atoms with Crippen LogP contribution >= 0.6 is 11.8 Å². The zero-order valence-electron chi connectivity index (χ0n) is 11.1. The number of carbonyl (C=O) groups is 1. The molecule has 104 valence electrons. The Kier molecular flexibility index (Phi) is 4.82. The summed E-state index contributed by atoms with van der Waals surface area (Å²) in [6.45, 7) is 2.65. The van der Waals surface area contributed by atoms with Crippen LogP contribution < -0.4 is 5.32 Å². The normalized spacial score (nSPS) is 27.1. The second-order valence-electron chi connectivity index (χ2n) is 4.92. The summed E-state index contributed by atoms with van der Waals surface area (Å²) in [4.78, 5) is 15.9. The summed E-state index contributed by atoms with van der Waals surface area (Å²) in [6, 6.07) is 5.84. The Labute approximate surface area is 118 Å². The van der Waals surface area contributed by atoms with Crippen LogP contribution in [0.1, 0.15) is 32.6 Å². The minimum absolute atomic E-state index is 0.318. The molecule has 1 aromatic rings. The molecule has 1 heterocycles. The van der Waals surface area contributed by atoms with E-state index in [1.54, 1.807) is 18.0 Å². The molecule has 2 unspecified atom stereocenters. The van der Waals surface area contributed by atoms with Crippen molar-refractivity contribution in [1.82, 2.24) is 10.3 Å². The Bertz CT molecular complexity index is 423. The van der Waals surface area contributed by atoms with Gasteiger partial charge in [0.2, 0.25) is 0 Å². The Morgan fingerprint density at radius 3 is 3.11 bits per heavy atom. The summed E-state index contributed by atoms with van der Waals surface area (Å²) < 4.78 is 0. The van der Waals surface area contributed by atoms with Crippen molar-refractivity contribution in [3.05, 3.63) is 24.4 Å². The van der Waals surface area contributed by atoms with Crippen molar-refractivity contribution in [2.24, 2.45) is 0 Å². The number of rotatable bonds is 5. The number of hydrogen-bond acceptors (Lipinski definition) is 4. The van der Waals surface area contributed by atoms with E-state index in [2.05, 4.69) is 10.3 Å². The highest BCUT2D eigenvalue weighted by Gasteiger charge is 2.42. The zero-order chi connectivity index (χ0) is 13.7. The van der Waals surface area contributed by atoms with Crippen molar-refractivity contribution in [2.75, 3.05) is 6.54 Å². The largest absolute Gasteiger partial charge is 0.480 e. The SMILES string of the molecule is CCNC1(C(=O)O)CCCC(Sc2ccccn2)C1. The van der Waals surface area contributed by atoms with Gasteiger partial charge in [0.25, 0.3) is 0 Å². The van der Waals surface area contributed by atoms with Gasteiger partial charge in [0.05, 0.1) is 5.03 Å². The van der Waals surface area contributed by atoms with Gasteiger partial charge in [0.15, 0.2) is 0 Å². The van der Waals surface area contributed by atoms with Gasteiger partial charge in [-0.25, -0.2) is 4.98 Å². The Hall–Kier alpha value is -1.07. The number of aliphatic carboxylic acids is 1. The van der Waals surface area contributed by atoms with Crippen LogP contribution in [-0.2, 0) is 4.79 Å². The fourth-order valence-corrected chi connectivity index (χ4v) is 3.95. The Morgan fingerprint density at radius 2 is 2.47 bits per heavy atom. The fourth-order valence-electron chi connectivity index (χ4n) is 2.68. The van der Waals surface area contributed by atoms with E-state index >= 15 is 0 Å². The molecule has 5 heteroatoms. The maximum atomic E-state index is 11.6. The molecule has 1 fully saturated rings. The first-order valence-corrected chi connectivity index (χ1v) is 7.60. The highest BCUT2D eigenvalue weighted by atomic mass is 32.2. The van der Waals surface area contributed by atoms with Crippen LogP contribution in [-0.4, -0.2) is 33.4 Å². The molecule has 0 aliphatic heterocycles. The summed E-state index contributed by atoms with van der Waals surface area (Å²) in [6.07, 6.45) is 5.16. The third kappa shape index (κ3) is 3.48. The minimum Gasteiger partial charge on any atom is -0.480 e. The maximum absolute atomic E-state index is 11.6. The minimum atomic E-state index is -0.751. The molecule has 2 N–H and O–H groups in total. The van der Waals surface area contributed by atoms with Gasteiger partial charge in [0, 0.05) is 11.4 Å². The lowest BCUT2D eigenvalue weighted by molar-refractivity contribution is -0.146. The fraction of sp³-hybridized carbons (Fsp3) is 0.571. The number of nitrogens with zero attached hydrogens (tertiary/aromatic N) is 1. The lowest BCUT2D eigenvalue weighted by atomic mass is 9.81. The van der Waals surface area contributed by atoms with Crippen molar-refractivity contribution < 1.29 is 9.90 Å². The van der Waals surface area contributed by atoms with Gasteiger partial charge in [0.1, 0.15) is 5.54 Å². The lowest BCUT2D eigenvalue weighted by Crippen LogP contribution is -2.55. The average molecular weight is 280 g/mol. The second-order valence-corrected chi connectivity index (χ2v) is 6.24. The van der Waals surface area contributed by atoms with E-state index in [-0.39, 0.29) is 0 Å². The predicted molar refractivity (Wildman–Crippen MR) is 76.4 cm³/mol. The number of hydrogen-bond donors (Lipinski definition) is 2. The van der Waals surface area contributed by atoms with E-state index in [1.165, 1.54) is 0 Å². The number of carboxylic acid groups (broad SMARTS) is 1. The van der Waals surface area contributed by atoms with Crippen molar-refractivity contribution in [3.63, 3.8) is 0 Å². The highest BCUT2D eigenvalue weighted by Crippen LogP contribution is 2.37. The predicted octanol–water partition coefficient (Wildman–Crippen LogP) is 2.55. The molecule has 0 aromatic carbocycles. The third-order valence-corrected chi connectivity index (χ3v) is 4.77.